The van der Waals surface area contributed by atoms with E-state index >= 15 is 0 Å². The van der Waals surface area contributed by atoms with Crippen LogP contribution in [-0.4, -0.2) is 25.7 Å². The van der Waals surface area contributed by atoms with Crippen molar-refractivity contribution in [2.75, 3.05) is 0 Å². The molecule has 0 aliphatic carbocycles. The molecule has 0 aliphatic heterocycles. The fraction of sp³-hybridized carbons (Fsp3) is 0.357. The van der Waals surface area contributed by atoms with E-state index < -0.39 is 0 Å². The number of ether oxygens (including phenoxy) is 1. The molecule has 0 spiro atoms. The second kappa shape index (κ2) is 5.32. The molecule has 2 aromatic heterocycles. The SMILES string of the molecule is CC(C)(C)Oc1ncccc1-c1nccc(CO)n1. The van der Waals surface area contributed by atoms with Crippen molar-refractivity contribution in [3.8, 4) is 17.3 Å². The molecule has 2 rings (SSSR count). The highest BCUT2D eigenvalue weighted by molar-refractivity contribution is 5.61. The molecular weight excluding hydrogens is 242 g/mol. The Balaban J connectivity index is 2.44. The molecule has 0 fully saturated rings. The topological polar surface area (TPSA) is 68.1 Å². The van der Waals surface area contributed by atoms with Crippen LogP contribution in [0.2, 0.25) is 0 Å². The minimum Gasteiger partial charge on any atom is -0.471 e. The highest BCUT2D eigenvalue weighted by atomic mass is 16.5. The normalized spacial score (nSPS) is 11.4. The van der Waals surface area contributed by atoms with E-state index in [0.717, 1.165) is 0 Å². The van der Waals surface area contributed by atoms with Gasteiger partial charge < -0.3 is 9.84 Å². The Kier molecular flexibility index (Phi) is 3.76. The van der Waals surface area contributed by atoms with E-state index in [1.807, 2.05) is 26.8 Å². The molecule has 0 amide bonds. The molecule has 0 aliphatic rings. The Morgan fingerprint density at radius 1 is 1.16 bits per heavy atom. The first kappa shape index (κ1) is 13.4. The predicted octanol–water partition coefficient (Wildman–Crippen LogP) is 2.21. The van der Waals surface area contributed by atoms with Gasteiger partial charge in [-0.15, -0.1) is 0 Å². The smallest absolute Gasteiger partial charge is 0.225 e. The van der Waals surface area contributed by atoms with Crippen LogP contribution in [0, 0.1) is 0 Å². The summed E-state index contributed by atoms with van der Waals surface area (Å²) in [5.74, 6) is 0.990. The standard InChI is InChI=1S/C14H17N3O2/c1-14(2,3)19-13-11(5-4-7-16-13)12-15-8-6-10(9-18)17-12/h4-8,18H,9H2,1-3H3. The number of hydrogen-bond donors (Lipinski definition) is 1. The van der Waals surface area contributed by atoms with Crippen molar-refractivity contribution < 1.29 is 9.84 Å². The summed E-state index contributed by atoms with van der Waals surface area (Å²) in [5.41, 5.74) is 0.931. The first-order chi connectivity index (χ1) is 8.99. The molecule has 100 valence electrons. The average Bonchev–Trinajstić information content (AvgIpc) is 2.37. The second-order valence-electron chi connectivity index (χ2n) is 5.10. The van der Waals surface area contributed by atoms with Gasteiger partial charge in [-0.1, -0.05) is 0 Å². The van der Waals surface area contributed by atoms with Crippen LogP contribution in [0.15, 0.2) is 30.6 Å². The molecule has 0 radical (unpaired) electrons. The zero-order chi connectivity index (χ0) is 13.9. The number of hydrogen-bond acceptors (Lipinski definition) is 5. The molecular formula is C14H17N3O2. The van der Waals surface area contributed by atoms with Crippen LogP contribution in [0.25, 0.3) is 11.4 Å². The molecule has 0 atom stereocenters. The van der Waals surface area contributed by atoms with Gasteiger partial charge in [-0.2, -0.15) is 0 Å². The molecule has 2 heterocycles. The van der Waals surface area contributed by atoms with Crippen molar-refractivity contribution >= 4 is 0 Å². The molecule has 2 aromatic rings. The van der Waals surface area contributed by atoms with E-state index in [1.54, 1.807) is 24.5 Å². The third-order valence-electron chi connectivity index (χ3n) is 2.29. The molecule has 1 N–H and O–H groups in total. The Labute approximate surface area is 112 Å². The molecule has 5 heteroatoms. The zero-order valence-electron chi connectivity index (χ0n) is 11.3. The van der Waals surface area contributed by atoms with Crippen LogP contribution >= 0.6 is 0 Å². The van der Waals surface area contributed by atoms with Gasteiger partial charge >= 0.3 is 0 Å². The summed E-state index contributed by atoms with van der Waals surface area (Å²) in [6.07, 6.45) is 3.28. The maximum atomic E-state index is 9.13. The quantitative estimate of drug-likeness (QED) is 0.915. The molecule has 0 unspecified atom stereocenters. The molecule has 0 saturated heterocycles. The number of aromatic nitrogens is 3. The lowest BCUT2D eigenvalue weighted by Gasteiger charge is -2.21. The van der Waals surface area contributed by atoms with Crippen molar-refractivity contribution in [2.24, 2.45) is 0 Å². The maximum absolute atomic E-state index is 9.13. The summed E-state index contributed by atoms with van der Waals surface area (Å²) >= 11 is 0. The summed E-state index contributed by atoms with van der Waals surface area (Å²) in [4.78, 5) is 12.7. The van der Waals surface area contributed by atoms with Gasteiger partial charge in [0.2, 0.25) is 5.88 Å². The van der Waals surface area contributed by atoms with E-state index in [-0.39, 0.29) is 12.2 Å². The fourth-order valence-electron chi connectivity index (χ4n) is 1.55. The first-order valence-corrected chi connectivity index (χ1v) is 6.07. The van der Waals surface area contributed by atoms with E-state index in [0.29, 0.717) is 23.0 Å². The summed E-state index contributed by atoms with van der Waals surface area (Å²) in [6.45, 7) is 5.74. The number of nitrogens with zero attached hydrogens (tertiary/aromatic N) is 3. The molecule has 0 bridgehead atoms. The van der Waals surface area contributed by atoms with Crippen molar-refractivity contribution in [3.63, 3.8) is 0 Å². The Hall–Kier alpha value is -2.01. The largest absolute Gasteiger partial charge is 0.471 e. The summed E-state index contributed by atoms with van der Waals surface area (Å²) in [6, 6.07) is 5.33. The van der Waals surface area contributed by atoms with E-state index in [1.165, 1.54) is 0 Å². The molecule has 5 nitrogen and oxygen atoms in total. The van der Waals surface area contributed by atoms with Gasteiger partial charge in [0.05, 0.1) is 17.9 Å². The number of pyridine rings is 1. The second-order valence-corrected chi connectivity index (χ2v) is 5.10. The number of aliphatic hydroxyl groups is 1. The minimum atomic E-state index is -0.350. The highest BCUT2D eigenvalue weighted by Crippen LogP contribution is 2.27. The van der Waals surface area contributed by atoms with Gasteiger partial charge in [0.25, 0.3) is 0 Å². The lowest BCUT2D eigenvalue weighted by Crippen LogP contribution is -2.24. The van der Waals surface area contributed by atoms with E-state index in [9.17, 15) is 0 Å². The van der Waals surface area contributed by atoms with E-state index in [2.05, 4.69) is 15.0 Å². The Morgan fingerprint density at radius 2 is 1.95 bits per heavy atom. The van der Waals surface area contributed by atoms with Crippen molar-refractivity contribution in [2.45, 2.75) is 33.0 Å². The predicted molar refractivity (Wildman–Crippen MR) is 71.6 cm³/mol. The van der Waals surface area contributed by atoms with Crippen molar-refractivity contribution in [1.82, 2.24) is 15.0 Å². The van der Waals surface area contributed by atoms with E-state index in [4.69, 9.17) is 9.84 Å². The summed E-state index contributed by atoms with van der Waals surface area (Å²) in [5, 5.41) is 9.13. The number of aliphatic hydroxyl groups excluding tert-OH is 1. The monoisotopic (exact) mass is 259 g/mol. The summed E-state index contributed by atoms with van der Waals surface area (Å²) in [7, 11) is 0. The van der Waals surface area contributed by atoms with Gasteiger partial charge in [-0.05, 0) is 39.0 Å². The van der Waals surface area contributed by atoms with Crippen LogP contribution < -0.4 is 4.74 Å². The van der Waals surface area contributed by atoms with Gasteiger partial charge in [0.1, 0.15) is 5.60 Å². The van der Waals surface area contributed by atoms with Crippen molar-refractivity contribution in [1.29, 1.82) is 0 Å². The minimum absolute atomic E-state index is 0.120. The average molecular weight is 259 g/mol. The van der Waals surface area contributed by atoms with Crippen LogP contribution in [0.5, 0.6) is 5.88 Å². The first-order valence-electron chi connectivity index (χ1n) is 6.07. The maximum Gasteiger partial charge on any atom is 0.225 e. The molecule has 19 heavy (non-hydrogen) atoms. The van der Waals surface area contributed by atoms with Crippen LogP contribution in [-0.2, 0) is 6.61 Å². The zero-order valence-corrected chi connectivity index (χ0v) is 11.3. The van der Waals surface area contributed by atoms with Crippen molar-refractivity contribution in [3.05, 3.63) is 36.3 Å². The lowest BCUT2D eigenvalue weighted by molar-refractivity contribution is 0.125. The highest BCUT2D eigenvalue weighted by Gasteiger charge is 2.17. The lowest BCUT2D eigenvalue weighted by atomic mass is 10.2. The van der Waals surface area contributed by atoms with Gasteiger partial charge in [0.15, 0.2) is 5.82 Å². The number of rotatable bonds is 3. The fourth-order valence-corrected chi connectivity index (χ4v) is 1.55. The van der Waals surface area contributed by atoms with Crippen LogP contribution in [0.4, 0.5) is 0 Å². The van der Waals surface area contributed by atoms with Gasteiger partial charge in [-0.3, -0.25) is 0 Å². The van der Waals surface area contributed by atoms with Gasteiger partial charge in [0, 0.05) is 12.4 Å². The third kappa shape index (κ3) is 3.48. The Bertz CT molecular complexity index is 565. The van der Waals surface area contributed by atoms with Crippen LogP contribution in [0.1, 0.15) is 26.5 Å². The molecule has 0 aromatic carbocycles. The van der Waals surface area contributed by atoms with Gasteiger partial charge in [-0.25, -0.2) is 15.0 Å². The third-order valence-corrected chi connectivity index (χ3v) is 2.29. The van der Waals surface area contributed by atoms with Crippen LogP contribution in [0.3, 0.4) is 0 Å². The Morgan fingerprint density at radius 3 is 2.63 bits per heavy atom. The molecule has 0 saturated carbocycles. The summed E-state index contributed by atoms with van der Waals surface area (Å²) < 4.78 is 5.81.